The van der Waals surface area contributed by atoms with Crippen LogP contribution in [-0.4, -0.2) is 61.4 Å². The number of allylic oxidation sites excluding steroid dienone is 1. The van der Waals surface area contributed by atoms with E-state index in [-0.39, 0.29) is 22.8 Å². The summed E-state index contributed by atoms with van der Waals surface area (Å²) in [5.41, 5.74) is 3.93. The van der Waals surface area contributed by atoms with Crippen LogP contribution in [0.3, 0.4) is 0 Å². The Bertz CT molecular complexity index is 1550. The Labute approximate surface area is 233 Å². The van der Waals surface area contributed by atoms with E-state index in [9.17, 15) is 18.0 Å². The van der Waals surface area contributed by atoms with E-state index in [2.05, 4.69) is 32.9 Å². The largest absolute Gasteiger partial charge is 0.452 e. The number of carbonyl (C=O) groups is 2. The van der Waals surface area contributed by atoms with E-state index < -0.39 is 34.4 Å². The van der Waals surface area contributed by atoms with Crippen LogP contribution in [-0.2, 0) is 25.8 Å². The molecule has 0 saturated carbocycles. The van der Waals surface area contributed by atoms with Gasteiger partial charge in [-0.25, -0.2) is 18.2 Å². The molecule has 7 nitrogen and oxygen atoms in total. The molecule has 5 rings (SSSR count). The summed E-state index contributed by atoms with van der Waals surface area (Å²) in [6, 6.07) is 11.2. The van der Waals surface area contributed by atoms with Crippen LogP contribution in [0.1, 0.15) is 60.1 Å². The van der Waals surface area contributed by atoms with E-state index in [0.717, 1.165) is 28.1 Å². The van der Waals surface area contributed by atoms with Crippen molar-refractivity contribution in [2.75, 3.05) is 25.2 Å². The van der Waals surface area contributed by atoms with E-state index in [4.69, 9.17) is 9.72 Å². The third-order valence-electron chi connectivity index (χ3n) is 7.98. The molecule has 9 heteroatoms. The second-order valence-electron chi connectivity index (χ2n) is 11.6. The van der Waals surface area contributed by atoms with Crippen molar-refractivity contribution in [1.29, 1.82) is 0 Å². The van der Waals surface area contributed by atoms with E-state index in [1.54, 1.807) is 18.4 Å². The van der Waals surface area contributed by atoms with Gasteiger partial charge in [0.15, 0.2) is 16.4 Å². The van der Waals surface area contributed by atoms with Gasteiger partial charge in [0.25, 0.3) is 5.91 Å². The average molecular weight is 567 g/mol. The molecule has 1 aliphatic carbocycles. The second-order valence-corrected chi connectivity index (χ2v) is 14.8. The smallest absolute Gasteiger partial charge is 0.339 e. The molecule has 3 aromatic rings. The summed E-state index contributed by atoms with van der Waals surface area (Å²) in [6.45, 7) is 6.21. The highest BCUT2D eigenvalue weighted by atomic mass is 32.2. The van der Waals surface area contributed by atoms with Crippen LogP contribution < -0.4 is 0 Å². The van der Waals surface area contributed by atoms with Crippen LogP contribution in [0.2, 0.25) is 0 Å². The van der Waals surface area contributed by atoms with E-state index in [1.807, 2.05) is 35.7 Å². The highest BCUT2D eigenvalue weighted by Gasteiger charge is 2.36. The van der Waals surface area contributed by atoms with Crippen LogP contribution in [0.15, 0.2) is 41.8 Å². The first kappa shape index (κ1) is 27.5. The number of esters is 1. The molecule has 3 heterocycles. The maximum atomic E-state index is 13.7. The Kier molecular flexibility index (Phi) is 7.41. The topological polar surface area (TPSA) is 93.6 Å². The molecule has 1 amide bonds. The molecular formula is C30H34N2O5S2. The second kappa shape index (κ2) is 10.5. The number of para-hydroxylation sites is 1. The summed E-state index contributed by atoms with van der Waals surface area (Å²) in [5, 5.41) is 2.75. The molecule has 206 valence electrons. The van der Waals surface area contributed by atoms with Gasteiger partial charge in [0, 0.05) is 23.4 Å². The van der Waals surface area contributed by atoms with Gasteiger partial charge in [-0.3, -0.25) is 4.79 Å². The molecule has 1 aliphatic heterocycles. The zero-order valence-electron chi connectivity index (χ0n) is 22.8. The van der Waals surface area contributed by atoms with Crippen LogP contribution in [0.5, 0.6) is 0 Å². The molecule has 2 aliphatic rings. The van der Waals surface area contributed by atoms with Gasteiger partial charge in [-0.1, -0.05) is 45.0 Å². The number of ether oxygens (including phenoxy) is 1. The fourth-order valence-electron chi connectivity index (χ4n) is 5.50. The Morgan fingerprint density at radius 2 is 1.92 bits per heavy atom. The molecule has 1 aromatic carbocycles. The molecular weight excluding hydrogens is 532 g/mol. The maximum Gasteiger partial charge on any atom is 0.339 e. The molecule has 0 spiro atoms. The number of pyridine rings is 1. The molecule has 2 aromatic heterocycles. The fraction of sp³-hybridized carbons (Fsp3) is 0.433. The van der Waals surface area contributed by atoms with Crippen LogP contribution in [0, 0.1) is 11.3 Å². The van der Waals surface area contributed by atoms with Gasteiger partial charge in [-0.05, 0) is 65.3 Å². The number of nitrogens with zero attached hydrogens (tertiary/aromatic N) is 2. The maximum absolute atomic E-state index is 13.7. The van der Waals surface area contributed by atoms with Crippen LogP contribution in [0.4, 0.5) is 0 Å². The lowest BCUT2D eigenvalue weighted by molar-refractivity contribution is -0.134. The van der Waals surface area contributed by atoms with Crippen molar-refractivity contribution < 1.29 is 22.7 Å². The fourth-order valence-corrected chi connectivity index (χ4v) is 7.96. The van der Waals surface area contributed by atoms with Gasteiger partial charge in [0.1, 0.15) is 0 Å². The van der Waals surface area contributed by atoms with Gasteiger partial charge in [0.05, 0.1) is 28.3 Å². The number of hydrogen-bond donors (Lipinski definition) is 0. The summed E-state index contributed by atoms with van der Waals surface area (Å²) in [4.78, 5) is 34.2. The highest BCUT2D eigenvalue weighted by molar-refractivity contribution is 7.91. The standard InChI is InChI=1S/C30H34N2O5S2/c1-30(2,3)20-14-19(15-22-8-7-12-38-22)28-24(16-20)27(23-9-5-6-10-25(23)31-28)29(34)37-17-26(33)32(4)21-11-13-39(35,36)18-21/h5-10,12,15,20-21H,11,13-14,16-18H2,1-4H3/b19-15+/t20-,21-/m1/s1. The number of thiophene rings is 1. The van der Waals surface area contributed by atoms with Crippen LogP contribution in [0.25, 0.3) is 22.6 Å². The summed E-state index contributed by atoms with van der Waals surface area (Å²) in [6.07, 6.45) is 4.10. The quantitative estimate of drug-likeness (QED) is 0.392. The molecule has 2 atom stereocenters. The van der Waals surface area contributed by atoms with Crippen molar-refractivity contribution in [2.24, 2.45) is 11.3 Å². The number of fused-ring (bicyclic) bond motifs is 2. The third kappa shape index (κ3) is 5.79. The lowest BCUT2D eigenvalue weighted by Gasteiger charge is -2.36. The summed E-state index contributed by atoms with van der Waals surface area (Å²) >= 11 is 1.66. The Hall–Kier alpha value is -3.04. The van der Waals surface area contributed by atoms with Crippen molar-refractivity contribution in [3.05, 3.63) is 63.5 Å². The first-order chi connectivity index (χ1) is 18.4. The minimum absolute atomic E-state index is 0.000649. The predicted octanol–water partition coefficient (Wildman–Crippen LogP) is 5.25. The first-order valence-electron chi connectivity index (χ1n) is 13.2. The molecule has 0 unspecified atom stereocenters. The number of carbonyl (C=O) groups excluding carboxylic acids is 2. The van der Waals surface area contributed by atoms with E-state index in [0.29, 0.717) is 29.3 Å². The molecule has 0 radical (unpaired) electrons. The number of rotatable bonds is 5. The lowest BCUT2D eigenvalue weighted by Crippen LogP contribution is -2.40. The molecule has 1 saturated heterocycles. The van der Waals surface area contributed by atoms with Gasteiger partial charge in [-0.2, -0.15) is 0 Å². The summed E-state index contributed by atoms with van der Waals surface area (Å²) in [7, 11) is -1.57. The lowest BCUT2D eigenvalue weighted by atomic mass is 9.69. The number of sulfone groups is 1. The monoisotopic (exact) mass is 566 g/mol. The number of benzene rings is 1. The van der Waals surface area contributed by atoms with Crippen LogP contribution >= 0.6 is 11.3 Å². The normalized spacial score (nSPS) is 21.6. The predicted molar refractivity (Wildman–Crippen MR) is 155 cm³/mol. The Morgan fingerprint density at radius 3 is 2.59 bits per heavy atom. The summed E-state index contributed by atoms with van der Waals surface area (Å²) in [5.74, 6) is -0.679. The molecule has 1 fully saturated rings. The van der Waals surface area contributed by atoms with Gasteiger partial charge < -0.3 is 9.64 Å². The zero-order chi connectivity index (χ0) is 27.9. The Morgan fingerprint density at radius 1 is 1.15 bits per heavy atom. The third-order valence-corrected chi connectivity index (χ3v) is 10.5. The number of likely N-dealkylation sites (N-methyl/N-ethyl adjacent to an activating group) is 1. The van der Waals surface area contributed by atoms with Crippen molar-refractivity contribution in [3.63, 3.8) is 0 Å². The summed E-state index contributed by atoms with van der Waals surface area (Å²) < 4.78 is 29.4. The van der Waals surface area contributed by atoms with Gasteiger partial charge >= 0.3 is 5.97 Å². The molecule has 0 N–H and O–H groups in total. The van der Waals surface area contributed by atoms with Gasteiger partial charge in [0.2, 0.25) is 0 Å². The van der Waals surface area contributed by atoms with E-state index in [1.165, 1.54) is 4.90 Å². The molecule has 39 heavy (non-hydrogen) atoms. The molecule has 0 bridgehead atoms. The number of amides is 1. The zero-order valence-corrected chi connectivity index (χ0v) is 24.4. The van der Waals surface area contributed by atoms with Gasteiger partial charge in [-0.15, -0.1) is 11.3 Å². The Balaban J connectivity index is 1.51. The minimum Gasteiger partial charge on any atom is -0.452 e. The minimum atomic E-state index is -3.14. The number of aromatic nitrogens is 1. The SMILES string of the molecule is CN(C(=O)COC(=O)c1c2c(nc3ccccc13)/C(=C/c1cccs1)C[C@@H](C(C)(C)C)C2)[C@@H]1CCS(=O)(=O)C1. The van der Waals surface area contributed by atoms with Crippen molar-refractivity contribution in [3.8, 4) is 0 Å². The highest BCUT2D eigenvalue weighted by Crippen LogP contribution is 2.45. The van der Waals surface area contributed by atoms with Crippen molar-refractivity contribution >= 4 is 55.6 Å². The average Bonchev–Trinajstić information content (AvgIpc) is 3.53. The van der Waals surface area contributed by atoms with Crippen molar-refractivity contribution in [1.82, 2.24) is 9.88 Å². The first-order valence-corrected chi connectivity index (χ1v) is 15.9. The van der Waals surface area contributed by atoms with Crippen molar-refractivity contribution in [2.45, 2.75) is 46.1 Å². The van der Waals surface area contributed by atoms with E-state index >= 15 is 0 Å². The number of hydrogen-bond acceptors (Lipinski definition) is 7.